The van der Waals surface area contributed by atoms with Crippen molar-refractivity contribution < 1.29 is 13.2 Å². The van der Waals surface area contributed by atoms with Gasteiger partial charge in [-0.3, -0.25) is 0 Å². The summed E-state index contributed by atoms with van der Waals surface area (Å²) in [7, 11) is 1.78. The molecule has 3 heterocycles. The third kappa shape index (κ3) is 3.74. The molecule has 3 aromatic heterocycles. The van der Waals surface area contributed by atoms with Crippen molar-refractivity contribution in [2.24, 2.45) is 0 Å². The van der Waals surface area contributed by atoms with Crippen molar-refractivity contribution in [1.82, 2.24) is 35.2 Å². The van der Waals surface area contributed by atoms with Crippen LogP contribution in [0.5, 0.6) is 0 Å². The zero-order valence-corrected chi connectivity index (χ0v) is 18.2. The van der Waals surface area contributed by atoms with Crippen molar-refractivity contribution in [1.29, 1.82) is 0 Å². The highest BCUT2D eigenvalue weighted by Crippen LogP contribution is 2.35. The molecule has 0 radical (unpaired) electrons. The first-order valence-electron chi connectivity index (χ1n) is 10.5. The number of aryl methyl sites for hydroxylation is 1. The van der Waals surface area contributed by atoms with Crippen LogP contribution in [-0.4, -0.2) is 42.3 Å². The standard InChI is InChI=1S/C23H19F3N8/c1-3-15-12-20(34-22(28-15)19(13-27-34)23(24,25)26)33(2)16-10-8-14(9-11-16)17-6-4-5-7-18(17)21-29-31-32-30-21/h4-13H,3H2,1-2H3,(H,29,30,31,32). The van der Waals surface area contributed by atoms with E-state index < -0.39 is 11.7 Å². The summed E-state index contributed by atoms with van der Waals surface area (Å²) in [6.07, 6.45) is -3.23. The Kier molecular flexibility index (Phi) is 5.23. The van der Waals surface area contributed by atoms with Crippen LogP contribution in [0.2, 0.25) is 0 Å². The molecule has 8 nitrogen and oxygen atoms in total. The van der Waals surface area contributed by atoms with Crippen LogP contribution in [0.25, 0.3) is 28.2 Å². The zero-order chi connectivity index (χ0) is 23.9. The van der Waals surface area contributed by atoms with E-state index in [1.54, 1.807) is 18.0 Å². The average Bonchev–Trinajstić information content (AvgIpc) is 3.53. The Morgan fingerprint density at radius 1 is 1.03 bits per heavy atom. The third-order valence-corrected chi connectivity index (χ3v) is 5.60. The second-order valence-corrected chi connectivity index (χ2v) is 7.64. The van der Waals surface area contributed by atoms with E-state index in [0.29, 0.717) is 23.8 Å². The van der Waals surface area contributed by atoms with Gasteiger partial charge in [-0.25, -0.2) is 4.98 Å². The molecule has 0 spiro atoms. The molecule has 0 atom stereocenters. The minimum absolute atomic E-state index is 0.209. The highest BCUT2D eigenvalue weighted by atomic mass is 19.4. The number of rotatable bonds is 5. The maximum absolute atomic E-state index is 13.5. The number of fused-ring (bicyclic) bond motifs is 1. The molecule has 172 valence electrons. The molecule has 0 aliphatic heterocycles. The monoisotopic (exact) mass is 464 g/mol. The second-order valence-electron chi connectivity index (χ2n) is 7.64. The highest BCUT2D eigenvalue weighted by molar-refractivity contribution is 5.81. The molecule has 0 aliphatic carbocycles. The summed E-state index contributed by atoms with van der Waals surface area (Å²) >= 11 is 0. The fraction of sp³-hybridized carbons (Fsp3) is 0.174. The molecule has 2 aromatic carbocycles. The minimum Gasteiger partial charge on any atom is -0.329 e. The van der Waals surface area contributed by atoms with Crippen molar-refractivity contribution in [3.63, 3.8) is 0 Å². The molecule has 5 rings (SSSR count). The quantitative estimate of drug-likeness (QED) is 0.397. The van der Waals surface area contributed by atoms with Gasteiger partial charge in [-0.15, -0.1) is 10.2 Å². The molecule has 0 saturated carbocycles. The van der Waals surface area contributed by atoms with Crippen LogP contribution in [0.4, 0.5) is 24.7 Å². The van der Waals surface area contributed by atoms with E-state index >= 15 is 0 Å². The number of alkyl halides is 3. The SMILES string of the molecule is CCc1cc(N(C)c2ccc(-c3ccccc3-c3nn[nH]n3)cc2)n2ncc(C(F)(F)F)c2n1. The van der Waals surface area contributed by atoms with Gasteiger partial charge in [0.05, 0.1) is 6.20 Å². The topological polar surface area (TPSA) is 87.9 Å². The summed E-state index contributed by atoms with van der Waals surface area (Å²) in [5.41, 5.74) is 2.96. The van der Waals surface area contributed by atoms with Gasteiger partial charge in [-0.2, -0.15) is 28.0 Å². The van der Waals surface area contributed by atoms with Crippen molar-refractivity contribution in [3.05, 3.63) is 72.1 Å². The number of hydrogen-bond acceptors (Lipinski definition) is 6. The van der Waals surface area contributed by atoms with E-state index in [1.807, 2.05) is 55.5 Å². The van der Waals surface area contributed by atoms with E-state index in [2.05, 4.69) is 30.7 Å². The van der Waals surface area contributed by atoms with Crippen LogP contribution < -0.4 is 4.90 Å². The number of hydrogen-bond donors (Lipinski definition) is 1. The Labute approximate surface area is 192 Å². The largest absolute Gasteiger partial charge is 0.421 e. The first kappa shape index (κ1) is 21.6. The molecule has 1 N–H and O–H groups in total. The molecular weight excluding hydrogens is 445 g/mol. The van der Waals surface area contributed by atoms with Crippen LogP contribution in [0.3, 0.4) is 0 Å². The number of anilines is 2. The Balaban J connectivity index is 1.54. The summed E-state index contributed by atoms with van der Waals surface area (Å²) in [6.45, 7) is 1.85. The molecule has 0 amide bonds. The maximum Gasteiger partial charge on any atom is 0.421 e. The van der Waals surface area contributed by atoms with Gasteiger partial charge in [-0.05, 0) is 34.9 Å². The van der Waals surface area contributed by atoms with Crippen molar-refractivity contribution in [2.75, 3.05) is 11.9 Å². The molecule has 11 heteroatoms. The van der Waals surface area contributed by atoms with Crippen LogP contribution in [0, 0.1) is 0 Å². The van der Waals surface area contributed by atoms with Gasteiger partial charge in [0.15, 0.2) is 5.65 Å². The van der Waals surface area contributed by atoms with Crippen LogP contribution in [-0.2, 0) is 12.6 Å². The van der Waals surface area contributed by atoms with E-state index in [4.69, 9.17) is 0 Å². The maximum atomic E-state index is 13.5. The molecule has 5 aromatic rings. The Bertz CT molecular complexity index is 1440. The number of aromatic nitrogens is 7. The van der Waals surface area contributed by atoms with Gasteiger partial charge in [-0.1, -0.05) is 43.3 Å². The van der Waals surface area contributed by atoms with Gasteiger partial charge in [0.1, 0.15) is 11.4 Å². The molecule has 0 aliphatic rings. The van der Waals surface area contributed by atoms with Crippen LogP contribution in [0.1, 0.15) is 18.2 Å². The second kappa shape index (κ2) is 8.25. The third-order valence-electron chi connectivity index (χ3n) is 5.60. The fourth-order valence-corrected chi connectivity index (χ4v) is 3.82. The number of nitrogens with zero attached hydrogens (tertiary/aromatic N) is 7. The smallest absolute Gasteiger partial charge is 0.329 e. The van der Waals surface area contributed by atoms with Crippen molar-refractivity contribution in [3.8, 4) is 22.5 Å². The number of halogens is 3. The predicted molar refractivity (Wildman–Crippen MR) is 120 cm³/mol. The predicted octanol–water partition coefficient (Wildman–Crippen LogP) is 4.93. The number of H-pyrrole nitrogens is 1. The average molecular weight is 464 g/mol. The lowest BCUT2D eigenvalue weighted by Crippen LogP contribution is -2.16. The summed E-state index contributed by atoms with van der Waals surface area (Å²) in [5.74, 6) is 0.972. The summed E-state index contributed by atoms with van der Waals surface area (Å²) in [4.78, 5) is 5.97. The Hall–Kier alpha value is -4.28. The van der Waals surface area contributed by atoms with Gasteiger partial charge < -0.3 is 4.90 Å². The fourth-order valence-electron chi connectivity index (χ4n) is 3.82. The first-order valence-corrected chi connectivity index (χ1v) is 10.5. The molecule has 34 heavy (non-hydrogen) atoms. The summed E-state index contributed by atoms with van der Waals surface area (Å²) in [5, 5.41) is 18.2. The highest BCUT2D eigenvalue weighted by Gasteiger charge is 2.36. The zero-order valence-electron chi connectivity index (χ0n) is 18.2. The molecular formula is C23H19F3N8. The van der Waals surface area contributed by atoms with E-state index in [-0.39, 0.29) is 5.65 Å². The Morgan fingerprint density at radius 3 is 2.41 bits per heavy atom. The summed E-state index contributed by atoms with van der Waals surface area (Å²) in [6, 6.07) is 17.1. The van der Waals surface area contributed by atoms with Crippen molar-refractivity contribution >= 4 is 17.2 Å². The minimum atomic E-state index is -4.54. The lowest BCUT2D eigenvalue weighted by atomic mass is 9.99. The normalized spacial score (nSPS) is 11.8. The van der Waals surface area contributed by atoms with Gasteiger partial charge in [0.2, 0.25) is 5.82 Å². The van der Waals surface area contributed by atoms with E-state index in [0.717, 1.165) is 28.6 Å². The van der Waals surface area contributed by atoms with Crippen LogP contribution >= 0.6 is 0 Å². The van der Waals surface area contributed by atoms with Gasteiger partial charge in [0, 0.05) is 30.1 Å². The number of nitrogens with one attached hydrogen (secondary N) is 1. The van der Waals surface area contributed by atoms with E-state index in [9.17, 15) is 13.2 Å². The Morgan fingerprint density at radius 2 is 1.76 bits per heavy atom. The number of aromatic amines is 1. The lowest BCUT2D eigenvalue weighted by molar-refractivity contribution is -0.136. The number of tetrazole rings is 1. The lowest BCUT2D eigenvalue weighted by Gasteiger charge is -2.21. The van der Waals surface area contributed by atoms with Crippen molar-refractivity contribution in [2.45, 2.75) is 19.5 Å². The molecule has 0 unspecified atom stereocenters. The van der Waals surface area contributed by atoms with E-state index in [1.165, 1.54) is 4.52 Å². The molecule has 0 bridgehead atoms. The number of benzene rings is 2. The van der Waals surface area contributed by atoms with Gasteiger partial charge in [0.25, 0.3) is 0 Å². The van der Waals surface area contributed by atoms with Gasteiger partial charge >= 0.3 is 6.18 Å². The first-order chi connectivity index (χ1) is 16.4. The molecule has 0 fully saturated rings. The molecule has 0 saturated heterocycles. The van der Waals surface area contributed by atoms with Crippen LogP contribution in [0.15, 0.2) is 60.8 Å². The summed E-state index contributed by atoms with van der Waals surface area (Å²) < 4.78 is 41.6.